The Hall–Kier alpha value is -7.68. The van der Waals surface area contributed by atoms with Gasteiger partial charge < -0.3 is 9.32 Å². The minimum absolute atomic E-state index is 0.873. The molecule has 0 aliphatic rings. The minimum Gasteiger partial charge on any atom is -0.455 e. The van der Waals surface area contributed by atoms with Gasteiger partial charge >= 0.3 is 0 Å². The predicted molar refractivity (Wildman–Crippen MR) is 245 cm³/mol. The van der Waals surface area contributed by atoms with Crippen LogP contribution < -0.4 is 4.90 Å². The summed E-state index contributed by atoms with van der Waals surface area (Å²) in [7, 11) is 0. The van der Waals surface area contributed by atoms with Crippen LogP contribution in [-0.4, -0.2) is 0 Å². The van der Waals surface area contributed by atoms with Gasteiger partial charge in [-0.3, -0.25) is 0 Å². The maximum atomic E-state index is 6.85. The van der Waals surface area contributed by atoms with Crippen molar-refractivity contribution in [2.24, 2.45) is 0 Å². The lowest BCUT2D eigenvalue weighted by molar-refractivity contribution is 0.673. The highest BCUT2D eigenvalue weighted by Gasteiger charge is 2.24. The van der Waals surface area contributed by atoms with Gasteiger partial charge in [-0.2, -0.15) is 0 Å². The summed E-state index contributed by atoms with van der Waals surface area (Å²) in [5, 5.41) is 6.79. The topological polar surface area (TPSA) is 16.4 Å². The second-order valence-corrected chi connectivity index (χ2v) is 14.9. The van der Waals surface area contributed by atoms with Crippen molar-refractivity contribution in [3.63, 3.8) is 0 Å². The summed E-state index contributed by atoms with van der Waals surface area (Å²) in [6.07, 6.45) is 0. The molecular formula is C56H37NO. The van der Waals surface area contributed by atoms with E-state index < -0.39 is 0 Å². The smallest absolute Gasteiger partial charge is 0.143 e. The average molecular weight is 740 g/mol. The third-order valence-electron chi connectivity index (χ3n) is 11.5. The predicted octanol–water partition coefficient (Wildman–Crippen LogP) is 16.0. The Bertz CT molecular complexity index is 3250. The van der Waals surface area contributed by atoms with Gasteiger partial charge in [0.05, 0.1) is 11.4 Å². The molecule has 0 bridgehead atoms. The molecule has 0 aliphatic carbocycles. The lowest BCUT2D eigenvalue weighted by atomic mass is 9.95. The van der Waals surface area contributed by atoms with Crippen LogP contribution in [0.3, 0.4) is 0 Å². The van der Waals surface area contributed by atoms with E-state index in [1.54, 1.807) is 0 Å². The highest BCUT2D eigenvalue weighted by molar-refractivity contribution is 6.22. The van der Waals surface area contributed by atoms with E-state index in [0.29, 0.717) is 0 Å². The van der Waals surface area contributed by atoms with Crippen LogP contribution in [-0.2, 0) is 0 Å². The second kappa shape index (κ2) is 14.1. The Labute approximate surface area is 337 Å². The summed E-state index contributed by atoms with van der Waals surface area (Å²) < 4.78 is 6.85. The number of rotatable bonds is 7. The zero-order valence-corrected chi connectivity index (χ0v) is 31.7. The Morgan fingerprint density at radius 2 is 0.845 bits per heavy atom. The van der Waals surface area contributed by atoms with Crippen molar-refractivity contribution < 1.29 is 4.42 Å². The van der Waals surface area contributed by atoms with E-state index in [4.69, 9.17) is 4.42 Å². The third kappa shape index (κ3) is 5.82. The number of fused-ring (bicyclic) bond motifs is 6. The fourth-order valence-electron chi connectivity index (χ4n) is 8.64. The molecule has 0 spiro atoms. The molecule has 58 heavy (non-hydrogen) atoms. The van der Waals surface area contributed by atoms with Crippen molar-refractivity contribution in [3.05, 3.63) is 224 Å². The summed E-state index contributed by atoms with van der Waals surface area (Å²) in [4.78, 5) is 2.45. The average Bonchev–Trinajstić information content (AvgIpc) is 3.69. The van der Waals surface area contributed by atoms with E-state index >= 15 is 0 Å². The number of anilines is 3. The van der Waals surface area contributed by atoms with Crippen LogP contribution in [0, 0.1) is 0 Å². The first-order valence-corrected chi connectivity index (χ1v) is 19.8. The number of benzene rings is 10. The molecule has 1 heterocycles. The number of nitrogens with zero attached hydrogens (tertiary/aromatic N) is 1. The van der Waals surface area contributed by atoms with Crippen molar-refractivity contribution in [2.75, 3.05) is 4.90 Å². The monoisotopic (exact) mass is 739 g/mol. The third-order valence-corrected chi connectivity index (χ3v) is 11.5. The van der Waals surface area contributed by atoms with Crippen LogP contribution >= 0.6 is 0 Å². The molecule has 10 aromatic carbocycles. The van der Waals surface area contributed by atoms with E-state index in [1.807, 2.05) is 0 Å². The maximum absolute atomic E-state index is 6.85. The number of hydrogen-bond donors (Lipinski definition) is 0. The van der Waals surface area contributed by atoms with Crippen molar-refractivity contribution in [3.8, 4) is 44.5 Å². The molecule has 0 unspecified atom stereocenters. The van der Waals surface area contributed by atoms with Crippen LogP contribution in [0.25, 0.3) is 88.0 Å². The summed E-state index contributed by atoms with van der Waals surface area (Å²) >= 11 is 0. The molecule has 0 amide bonds. The molecule has 0 N–H and O–H groups in total. The molecule has 11 rings (SSSR count). The highest BCUT2D eigenvalue weighted by Crippen LogP contribution is 2.48. The summed E-state index contributed by atoms with van der Waals surface area (Å²) in [6.45, 7) is 0. The quantitative estimate of drug-likeness (QED) is 0.162. The van der Waals surface area contributed by atoms with Gasteiger partial charge in [0.2, 0.25) is 0 Å². The molecule has 2 nitrogen and oxygen atoms in total. The maximum Gasteiger partial charge on any atom is 0.143 e. The van der Waals surface area contributed by atoms with Crippen LogP contribution in [0.5, 0.6) is 0 Å². The van der Waals surface area contributed by atoms with Crippen LogP contribution in [0.4, 0.5) is 17.1 Å². The second-order valence-electron chi connectivity index (χ2n) is 14.9. The lowest BCUT2D eigenvalue weighted by Crippen LogP contribution is -2.12. The van der Waals surface area contributed by atoms with Gasteiger partial charge in [-0.05, 0) is 80.0 Å². The Morgan fingerprint density at radius 1 is 0.310 bits per heavy atom. The van der Waals surface area contributed by atoms with Gasteiger partial charge in [0.25, 0.3) is 0 Å². The minimum atomic E-state index is 0.873. The molecule has 0 fully saturated rings. The lowest BCUT2D eigenvalue weighted by Gasteiger charge is -2.29. The molecule has 0 atom stereocenters. The molecule has 0 radical (unpaired) electrons. The van der Waals surface area contributed by atoms with Gasteiger partial charge in [0, 0.05) is 32.8 Å². The first-order chi connectivity index (χ1) is 28.8. The van der Waals surface area contributed by atoms with E-state index in [0.717, 1.165) is 72.0 Å². The Balaban J connectivity index is 1.15. The molecule has 1 aromatic heterocycles. The molecule has 0 aliphatic heterocycles. The number of para-hydroxylation sites is 1. The molecule has 0 saturated heterocycles. The van der Waals surface area contributed by atoms with E-state index in [2.05, 4.69) is 229 Å². The van der Waals surface area contributed by atoms with Crippen molar-refractivity contribution in [1.29, 1.82) is 0 Å². The molecule has 2 heteroatoms. The van der Waals surface area contributed by atoms with Gasteiger partial charge in [-0.15, -0.1) is 0 Å². The van der Waals surface area contributed by atoms with Crippen molar-refractivity contribution in [1.82, 2.24) is 0 Å². The van der Waals surface area contributed by atoms with Crippen LogP contribution in [0.15, 0.2) is 229 Å². The summed E-state index contributed by atoms with van der Waals surface area (Å²) in [5.74, 6) is 0. The molecule has 0 saturated carbocycles. The number of hydrogen-bond acceptors (Lipinski definition) is 2. The summed E-state index contributed by atoms with van der Waals surface area (Å²) in [5.41, 5.74) is 14.4. The first kappa shape index (κ1) is 33.6. The fraction of sp³-hybridized carbons (Fsp3) is 0. The zero-order chi connectivity index (χ0) is 38.4. The summed E-state index contributed by atoms with van der Waals surface area (Å²) in [6, 6.07) is 80.6. The highest BCUT2D eigenvalue weighted by atomic mass is 16.3. The molecule has 11 aromatic rings. The Morgan fingerprint density at radius 3 is 1.55 bits per heavy atom. The van der Waals surface area contributed by atoms with Crippen molar-refractivity contribution >= 4 is 60.5 Å². The van der Waals surface area contributed by atoms with E-state index in [9.17, 15) is 0 Å². The molecule has 272 valence electrons. The van der Waals surface area contributed by atoms with Gasteiger partial charge in [0.1, 0.15) is 11.2 Å². The largest absolute Gasteiger partial charge is 0.455 e. The number of furan rings is 1. The SMILES string of the molecule is c1ccc(-c2ccc(-c3ccccc3N(c3ccc4ccccc4c3)c3cc4c(oc5cccc(-c6ccc(-c7ccccc7)cc6)c54)c4ccccc34)cc2)cc1. The van der Waals surface area contributed by atoms with Crippen molar-refractivity contribution in [2.45, 2.75) is 0 Å². The van der Waals surface area contributed by atoms with Gasteiger partial charge in [0.15, 0.2) is 0 Å². The standard InChI is InChI=1S/C56H37NO/c1-3-14-38(15-4-1)41-26-30-43(31-27-41)47-20-11-12-24-52(47)57(46-35-34-40-18-7-8-19-45(40)36-46)53-37-51-55-48(44-32-28-42(29-33-44)39-16-5-2-6-17-39)23-13-25-54(55)58-56(51)50-22-10-9-21-49(50)53/h1-37H. The first-order valence-electron chi connectivity index (χ1n) is 19.8. The fourth-order valence-corrected chi connectivity index (χ4v) is 8.64. The van der Waals surface area contributed by atoms with E-state index in [-0.39, 0.29) is 0 Å². The molecular weight excluding hydrogens is 703 g/mol. The van der Waals surface area contributed by atoms with Gasteiger partial charge in [-0.25, -0.2) is 0 Å². The zero-order valence-electron chi connectivity index (χ0n) is 31.7. The van der Waals surface area contributed by atoms with E-state index in [1.165, 1.54) is 33.0 Å². The van der Waals surface area contributed by atoms with Crippen LogP contribution in [0.2, 0.25) is 0 Å². The Kier molecular flexibility index (Phi) is 8.19. The van der Waals surface area contributed by atoms with Crippen LogP contribution in [0.1, 0.15) is 0 Å². The van der Waals surface area contributed by atoms with Gasteiger partial charge in [-0.1, -0.05) is 194 Å². The normalized spacial score (nSPS) is 11.4.